The molecule has 21 heavy (non-hydrogen) atoms. The molecule has 0 aliphatic carbocycles. The average Bonchev–Trinajstić information content (AvgIpc) is 2.33. The molecule has 2 rings (SSSR count). The van der Waals surface area contributed by atoms with Crippen LogP contribution in [-0.4, -0.2) is 24.2 Å². The Hall–Kier alpha value is -0.770. The van der Waals surface area contributed by atoms with Crippen molar-refractivity contribution >= 4 is 11.6 Å². The zero-order chi connectivity index (χ0) is 15.7. The quantitative estimate of drug-likeness (QED) is 0.888. The van der Waals surface area contributed by atoms with Gasteiger partial charge in [-0.2, -0.15) is 0 Å². The zero-order valence-electron chi connectivity index (χ0n) is 13.7. The van der Waals surface area contributed by atoms with E-state index in [1.54, 1.807) is 7.11 Å². The molecule has 0 bridgehead atoms. The molecule has 1 saturated heterocycles. The summed E-state index contributed by atoms with van der Waals surface area (Å²) in [5, 5.41) is 8.13. The monoisotopic (exact) mass is 310 g/mol. The van der Waals surface area contributed by atoms with E-state index in [0.29, 0.717) is 6.04 Å². The van der Waals surface area contributed by atoms with Crippen LogP contribution in [-0.2, 0) is 6.54 Å². The lowest BCUT2D eigenvalue weighted by molar-refractivity contribution is 0.145. The Morgan fingerprint density at radius 2 is 1.86 bits per heavy atom. The van der Waals surface area contributed by atoms with Crippen LogP contribution >= 0.6 is 11.6 Å². The molecule has 0 saturated carbocycles. The number of nitrogens with one attached hydrogen (secondary N) is 2. The smallest absolute Gasteiger partial charge is 0.123 e. The van der Waals surface area contributed by atoms with Gasteiger partial charge in [-0.15, -0.1) is 0 Å². The van der Waals surface area contributed by atoms with Crippen LogP contribution in [0, 0.1) is 0 Å². The zero-order valence-corrected chi connectivity index (χ0v) is 14.5. The molecule has 0 radical (unpaired) electrons. The molecular formula is C17H27ClN2O. The van der Waals surface area contributed by atoms with Crippen molar-refractivity contribution in [3.63, 3.8) is 0 Å². The Labute approximate surface area is 133 Å². The van der Waals surface area contributed by atoms with Crippen molar-refractivity contribution < 1.29 is 4.74 Å². The SMILES string of the molecule is COc1ccc(Cl)cc1CNC1CC(C)(C)NC(C)(C)C1. The molecule has 118 valence electrons. The summed E-state index contributed by atoms with van der Waals surface area (Å²) in [6.45, 7) is 9.84. The summed E-state index contributed by atoms with van der Waals surface area (Å²) in [6, 6.07) is 6.25. The molecule has 0 unspecified atom stereocenters. The van der Waals surface area contributed by atoms with E-state index in [9.17, 15) is 0 Å². The van der Waals surface area contributed by atoms with E-state index in [-0.39, 0.29) is 11.1 Å². The van der Waals surface area contributed by atoms with Gasteiger partial charge < -0.3 is 15.4 Å². The Morgan fingerprint density at radius 3 is 2.43 bits per heavy atom. The van der Waals surface area contributed by atoms with Crippen molar-refractivity contribution in [2.75, 3.05) is 7.11 Å². The summed E-state index contributed by atoms with van der Waals surface area (Å²) in [5.41, 5.74) is 1.41. The van der Waals surface area contributed by atoms with Crippen molar-refractivity contribution in [2.24, 2.45) is 0 Å². The Bertz CT molecular complexity index is 484. The standard InChI is InChI=1S/C17H27ClN2O/c1-16(2)9-14(10-17(3,4)20-16)19-11-12-8-13(18)6-7-15(12)21-5/h6-8,14,19-20H,9-11H2,1-5H3. The third-order valence-electron chi connectivity index (χ3n) is 4.01. The van der Waals surface area contributed by atoms with Crippen LogP contribution < -0.4 is 15.4 Å². The fraction of sp³-hybridized carbons (Fsp3) is 0.647. The van der Waals surface area contributed by atoms with E-state index >= 15 is 0 Å². The molecule has 1 fully saturated rings. The summed E-state index contributed by atoms with van der Waals surface area (Å²) in [6.07, 6.45) is 2.22. The number of hydrogen-bond donors (Lipinski definition) is 2. The maximum atomic E-state index is 6.09. The van der Waals surface area contributed by atoms with Gasteiger partial charge in [0.2, 0.25) is 0 Å². The van der Waals surface area contributed by atoms with E-state index in [1.807, 2.05) is 18.2 Å². The number of rotatable bonds is 4. The Morgan fingerprint density at radius 1 is 1.24 bits per heavy atom. The van der Waals surface area contributed by atoms with Gasteiger partial charge in [0.1, 0.15) is 5.75 Å². The lowest BCUT2D eigenvalue weighted by atomic mass is 9.79. The molecule has 0 atom stereocenters. The van der Waals surface area contributed by atoms with Gasteiger partial charge in [0, 0.05) is 34.3 Å². The average molecular weight is 311 g/mol. The molecule has 0 spiro atoms. The molecule has 1 aromatic rings. The van der Waals surface area contributed by atoms with Crippen molar-refractivity contribution in [1.29, 1.82) is 0 Å². The van der Waals surface area contributed by atoms with Gasteiger partial charge in [-0.25, -0.2) is 0 Å². The molecule has 3 nitrogen and oxygen atoms in total. The second kappa shape index (κ2) is 6.15. The number of halogens is 1. The van der Waals surface area contributed by atoms with Crippen molar-refractivity contribution in [2.45, 2.75) is 64.2 Å². The first-order valence-electron chi connectivity index (χ1n) is 7.56. The fourth-order valence-electron chi connectivity index (χ4n) is 3.61. The van der Waals surface area contributed by atoms with E-state index in [4.69, 9.17) is 16.3 Å². The Balaban J connectivity index is 2.04. The molecule has 1 heterocycles. The maximum absolute atomic E-state index is 6.09. The van der Waals surface area contributed by atoms with E-state index < -0.39 is 0 Å². The van der Waals surface area contributed by atoms with Crippen LogP contribution in [0.3, 0.4) is 0 Å². The van der Waals surface area contributed by atoms with Gasteiger partial charge in [-0.05, 0) is 58.7 Å². The second-order valence-corrected chi connectivity index (χ2v) is 7.77. The summed E-state index contributed by atoms with van der Waals surface area (Å²) in [4.78, 5) is 0. The molecule has 4 heteroatoms. The van der Waals surface area contributed by atoms with Gasteiger partial charge in [0.15, 0.2) is 0 Å². The number of piperidine rings is 1. The highest BCUT2D eigenvalue weighted by atomic mass is 35.5. The number of benzene rings is 1. The number of hydrogen-bond acceptors (Lipinski definition) is 3. The minimum atomic E-state index is 0.151. The minimum Gasteiger partial charge on any atom is -0.496 e. The number of methoxy groups -OCH3 is 1. The highest BCUT2D eigenvalue weighted by Crippen LogP contribution is 2.29. The highest BCUT2D eigenvalue weighted by molar-refractivity contribution is 6.30. The highest BCUT2D eigenvalue weighted by Gasteiger charge is 2.37. The van der Waals surface area contributed by atoms with E-state index in [1.165, 1.54) is 0 Å². The van der Waals surface area contributed by atoms with Gasteiger partial charge in [0.25, 0.3) is 0 Å². The first kappa shape index (κ1) is 16.6. The largest absolute Gasteiger partial charge is 0.496 e. The maximum Gasteiger partial charge on any atom is 0.123 e. The third kappa shape index (κ3) is 4.60. The van der Waals surface area contributed by atoms with Crippen molar-refractivity contribution in [3.8, 4) is 5.75 Å². The summed E-state index contributed by atoms with van der Waals surface area (Å²) in [7, 11) is 1.70. The predicted molar refractivity (Wildman–Crippen MR) is 89.2 cm³/mol. The molecule has 0 aromatic heterocycles. The van der Waals surface area contributed by atoms with Gasteiger partial charge in [-0.1, -0.05) is 11.6 Å². The fourth-order valence-corrected chi connectivity index (χ4v) is 3.80. The lowest BCUT2D eigenvalue weighted by Crippen LogP contribution is -2.61. The van der Waals surface area contributed by atoms with Crippen LogP contribution in [0.5, 0.6) is 5.75 Å². The lowest BCUT2D eigenvalue weighted by Gasteiger charge is -2.46. The molecule has 1 aliphatic heterocycles. The van der Waals surface area contributed by atoms with Crippen molar-refractivity contribution in [1.82, 2.24) is 10.6 Å². The normalized spacial score (nSPS) is 21.2. The summed E-state index contributed by atoms with van der Waals surface area (Å²) < 4.78 is 5.41. The Kier molecular flexibility index (Phi) is 4.86. The van der Waals surface area contributed by atoms with Crippen LogP contribution in [0.2, 0.25) is 5.02 Å². The first-order chi connectivity index (χ1) is 9.71. The van der Waals surface area contributed by atoms with Crippen LogP contribution in [0.15, 0.2) is 18.2 Å². The third-order valence-corrected chi connectivity index (χ3v) is 4.25. The first-order valence-corrected chi connectivity index (χ1v) is 7.94. The number of ether oxygens (including phenoxy) is 1. The summed E-state index contributed by atoms with van der Waals surface area (Å²) >= 11 is 6.09. The summed E-state index contributed by atoms with van der Waals surface area (Å²) in [5.74, 6) is 0.888. The molecule has 0 amide bonds. The van der Waals surface area contributed by atoms with Gasteiger partial charge in [-0.3, -0.25) is 0 Å². The molecule has 1 aliphatic rings. The second-order valence-electron chi connectivity index (χ2n) is 7.34. The topological polar surface area (TPSA) is 33.3 Å². The minimum absolute atomic E-state index is 0.151. The molecule has 2 N–H and O–H groups in total. The molecular weight excluding hydrogens is 284 g/mol. The molecule has 1 aromatic carbocycles. The van der Waals surface area contributed by atoms with Gasteiger partial charge >= 0.3 is 0 Å². The van der Waals surface area contributed by atoms with Crippen LogP contribution in [0.25, 0.3) is 0 Å². The predicted octanol–water partition coefficient (Wildman–Crippen LogP) is 3.75. The van der Waals surface area contributed by atoms with E-state index in [0.717, 1.165) is 35.7 Å². The van der Waals surface area contributed by atoms with Crippen molar-refractivity contribution in [3.05, 3.63) is 28.8 Å². The van der Waals surface area contributed by atoms with Crippen LogP contribution in [0.1, 0.15) is 46.1 Å². The van der Waals surface area contributed by atoms with Crippen LogP contribution in [0.4, 0.5) is 0 Å². The van der Waals surface area contributed by atoms with Gasteiger partial charge in [0.05, 0.1) is 7.11 Å². The van der Waals surface area contributed by atoms with E-state index in [2.05, 4.69) is 38.3 Å².